The summed E-state index contributed by atoms with van der Waals surface area (Å²) in [6.45, 7) is 12.5. The van der Waals surface area contributed by atoms with Crippen LogP contribution in [0.4, 0.5) is 0 Å². The highest BCUT2D eigenvalue weighted by Crippen LogP contribution is 2.22. The van der Waals surface area contributed by atoms with Crippen LogP contribution in [-0.4, -0.2) is 19.9 Å². The predicted octanol–water partition coefficient (Wildman–Crippen LogP) is 3.27. The summed E-state index contributed by atoms with van der Waals surface area (Å²) >= 11 is 0. The van der Waals surface area contributed by atoms with E-state index in [1.165, 1.54) is 0 Å². The van der Waals surface area contributed by atoms with Crippen LogP contribution in [0.15, 0.2) is 0 Å². The predicted molar refractivity (Wildman–Crippen MR) is 66.8 cm³/mol. The van der Waals surface area contributed by atoms with E-state index in [9.17, 15) is 8.42 Å². The van der Waals surface area contributed by atoms with Crippen molar-refractivity contribution in [2.75, 3.05) is 11.5 Å². The van der Waals surface area contributed by atoms with Crippen LogP contribution in [-0.2, 0) is 9.84 Å². The van der Waals surface area contributed by atoms with Gasteiger partial charge in [0.2, 0.25) is 0 Å². The van der Waals surface area contributed by atoms with Crippen molar-refractivity contribution in [3.05, 3.63) is 0 Å². The van der Waals surface area contributed by atoms with E-state index in [1.807, 2.05) is 0 Å². The van der Waals surface area contributed by atoms with Gasteiger partial charge in [-0.2, -0.15) is 0 Å². The molecule has 0 aliphatic heterocycles. The third-order valence-corrected chi connectivity index (χ3v) is 3.98. The highest BCUT2D eigenvalue weighted by atomic mass is 32.2. The van der Waals surface area contributed by atoms with E-state index in [1.54, 1.807) is 0 Å². The minimum Gasteiger partial charge on any atom is -0.229 e. The summed E-state index contributed by atoms with van der Waals surface area (Å²) in [7, 11) is -2.85. The molecule has 0 aromatic rings. The zero-order valence-electron chi connectivity index (χ0n) is 11.1. The fraction of sp³-hybridized carbons (Fsp3) is 1.00. The van der Waals surface area contributed by atoms with Crippen LogP contribution >= 0.6 is 0 Å². The number of rotatable bonds is 4. The Balaban J connectivity index is 4.11. The fourth-order valence-corrected chi connectivity index (χ4v) is 3.08. The van der Waals surface area contributed by atoms with Gasteiger partial charge in [-0.15, -0.1) is 0 Å². The summed E-state index contributed by atoms with van der Waals surface area (Å²) in [5.74, 6) is 0.652. The van der Waals surface area contributed by atoms with Gasteiger partial charge in [-0.1, -0.05) is 41.5 Å². The first kappa shape index (κ1) is 14.9. The maximum atomic E-state index is 11.7. The fourth-order valence-electron chi connectivity index (χ4n) is 1.03. The van der Waals surface area contributed by atoms with E-state index in [0.717, 1.165) is 12.8 Å². The van der Waals surface area contributed by atoms with Gasteiger partial charge in [-0.3, -0.25) is 0 Å². The van der Waals surface area contributed by atoms with Gasteiger partial charge in [0, 0.05) is 0 Å². The molecule has 0 rings (SSSR count). The van der Waals surface area contributed by atoms with Gasteiger partial charge in [0.05, 0.1) is 11.5 Å². The van der Waals surface area contributed by atoms with Crippen molar-refractivity contribution in [3.8, 4) is 0 Å². The second-order valence-electron chi connectivity index (χ2n) is 6.77. The molecule has 2 nitrogen and oxygen atoms in total. The minimum absolute atomic E-state index is 0.106. The van der Waals surface area contributed by atoms with Crippen molar-refractivity contribution >= 4 is 9.84 Å². The largest absolute Gasteiger partial charge is 0.229 e. The Morgan fingerprint density at radius 3 is 1.20 bits per heavy atom. The zero-order chi connectivity index (χ0) is 12.3. The molecule has 0 aliphatic rings. The molecule has 0 bridgehead atoms. The van der Waals surface area contributed by atoms with Crippen molar-refractivity contribution in [1.82, 2.24) is 0 Å². The van der Waals surface area contributed by atoms with Crippen LogP contribution in [0.25, 0.3) is 0 Å². The van der Waals surface area contributed by atoms with Crippen LogP contribution in [0.1, 0.15) is 54.4 Å². The van der Waals surface area contributed by atoms with Crippen LogP contribution < -0.4 is 0 Å². The first-order valence-electron chi connectivity index (χ1n) is 5.62. The van der Waals surface area contributed by atoms with E-state index in [2.05, 4.69) is 41.5 Å². The smallest absolute Gasteiger partial charge is 0.150 e. The lowest BCUT2D eigenvalue weighted by atomic mass is 9.93. The van der Waals surface area contributed by atoms with E-state index >= 15 is 0 Å². The maximum absolute atomic E-state index is 11.7. The summed E-state index contributed by atoms with van der Waals surface area (Å²) < 4.78 is 23.4. The van der Waals surface area contributed by atoms with Gasteiger partial charge < -0.3 is 0 Å². The monoisotopic (exact) mass is 234 g/mol. The van der Waals surface area contributed by atoms with E-state index in [4.69, 9.17) is 0 Å². The molecule has 0 N–H and O–H groups in total. The summed E-state index contributed by atoms with van der Waals surface area (Å²) in [4.78, 5) is 0. The molecule has 92 valence electrons. The van der Waals surface area contributed by atoms with Crippen molar-refractivity contribution in [3.63, 3.8) is 0 Å². The maximum Gasteiger partial charge on any atom is 0.150 e. The molecule has 15 heavy (non-hydrogen) atoms. The lowest BCUT2D eigenvalue weighted by Crippen LogP contribution is -2.20. The molecule has 0 aromatic carbocycles. The van der Waals surface area contributed by atoms with Crippen molar-refractivity contribution in [2.24, 2.45) is 10.8 Å². The van der Waals surface area contributed by atoms with Crippen LogP contribution in [0.3, 0.4) is 0 Å². The summed E-state index contributed by atoms with van der Waals surface area (Å²) in [6, 6.07) is 0. The Labute approximate surface area is 95.4 Å². The molecule has 0 saturated heterocycles. The molecule has 0 saturated carbocycles. The van der Waals surface area contributed by atoms with Crippen molar-refractivity contribution < 1.29 is 8.42 Å². The van der Waals surface area contributed by atoms with Gasteiger partial charge >= 0.3 is 0 Å². The summed E-state index contributed by atoms with van der Waals surface area (Å²) in [6.07, 6.45) is 1.50. The topological polar surface area (TPSA) is 34.1 Å². The van der Waals surface area contributed by atoms with Crippen LogP contribution in [0, 0.1) is 10.8 Å². The highest BCUT2D eigenvalue weighted by Gasteiger charge is 2.20. The van der Waals surface area contributed by atoms with Crippen LogP contribution in [0.2, 0.25) is 0 Å². The standard InChI is InChI=1S/C12H26O2S/c1-11(2,3)7-9-15(13,14)10-8-12(4,5)6/h7-10H2,1-6H3. The van der Waals surface area contributed by atoms with Gasteiger partial charge in [-0.25, -0.2) is 8.42 Å². The Bertz CT molecular complexity index is 252. The Kier molecular flexibility index (Phi) is 4.84. The molecular weight excluding hydrogens is 208 g/mol. The molecule has 0 radical (unpaired) electrons. The molecule has 0 fully saturated rings. The average molecular weight is 234 g/mol. The lowest BCUT2D eigenvalue weighted by Gasteiger charge is -2.20. The highest BCUT2D eigenvalue weighted by molar-refractivity contribution is 7.91. The molecule has 0 spiro atoms. The normalized spacial score (nSPS) is 14.3. The zero-order valence-corrected chi connectivity index (χ0v) is 11.9. The van der Waals surface area contributed by atoms with Crippen molar-refractivity contribution in [1.29, 1.82) is 0 Å². The summed E-state index contributed by atoms with van der Waals surface area (Å²) in [5, 5.41) is 0. The van der Waals surface area contributed by atoms with E-state index < -0.39 is 9.84 Å². The second-order valence-corrected chi connectivity index (χ2v) is 9.08. The van der Waals surface area contributed by atoms with Gasteiger partial charge in [-0.05, 0) is 23.7 Å². The molecule has 0 aromatic heterocycles. The van der Waals surface area contributed by atoms with Crippen LogP contribution in [0.5, 0.6) is 0 Å². The second kappa shape index (κ2) is 4.86. The van der Waals surface area contributed by atoms with Gasteiger partial charge in [0.1, 0.15) is 9.84 Å². The first-order valence-corrected chi connectivity index (χ1v) is 7.44. The molecule has 0 heterocycles. The lowest BCUT2D eigenvalue weighted by molar-refractivity contribution is 0.389. The SMILES string of the molecule is CC(C)(C)CCS(=O)(=O)CCC(C)(C)C. The molecule has 0 amide bonds. The number of hydrogen-bond donors (Lipinski definition) is 0. The molecule has 3 heteroatoms. The average Bonchev–Trinajstić information content (AvgIpc) is 1.96. The third-order valence-electron chi connectivity index (χ3n) is 2.33. The Hall–Kier alpha value is -0.0500. The summed E-state index contributed by atoms with van der Waals surface area (Å²) in [5.41, 5.74) is 0.212. The number of sulfone groups is 1. The molecular formula is C12H26O2S. The Morgan fingerprint density at radius 1 is 0.733 bits per heavy atom. The number of hydrogen-bond acceptors (Lipinski definition) is 2. The quantitative estimate of drug-likeness (QED) is 0.748. The third kappa shape index (κ3) is 10.2. The first-order chi connectivity index (χ1) is 6.41. The van der Waals surface area contributed by atoms with Gasteiger partial charge in [0.15, 0.2) is 0 Å². The Morgan fingerprint density at radius 2 is 1.00 bits per heavy atom. The van der Waals surface area contributed by atoms with Gasteiger partial charge in [0.25, 0.3) is 0 Å². The molecule has 0 aliphatic carbocycles. The molecule has 0 atom stereocenters. The van der Waals surface area contributed by atoms with E-state index in [-0.39, 0.29) is 10.8 Å². The minimum atomic E-state index is -2.85. The van der Waals surface area contributed by atoms with E-state index in [0.29, 0.717) is 11.5 Å². The van der Waals surface area contributed by atoms with Crippen molar-refractivity contribution in [2.45, 2.75) is 54.4 Å². The molecule has 0 unspecified atom stereocenters.